The fourth-order valence-corrected chi connectivity index (χ4v) is 0.755. The first-order chi connectivity index (χ1) is 3.48. The van der Waals surface area contributed by atoms with Gasteiger partial charge in [0, 0.05) is 17.2 Å². The molecule has 0 unspecified atom stereocenters. The normalized spacial score (nSPS) is 12.5. The van der Waals surface area contributed by atoms with E-state index in [0.29, 0.717) is 3.82 Å². The van der Waals surface area contributed by atoms with Crippen molar-refractivity contribution in [2.75, 3.05) is 6.54 Å². The first-order valence-corrected chi connectivity index (χ1v) is 4.47. The molecule has 0 bridgehead atoms. The lowest BCUT2D eigenvalue weighted by molar-refractivity contribution is 0.561. The SMILES string of the molecule is CCN(Cl)S(=O)(=O)Cl. The van der Waals surface area contributed by atoms with E-state index in [1.807, 2.05) is 0 Å². The lowest BCUT2D eigenvalue weighted by Crippen LogP contribution is -2.14. The van der Waals surface area contributed by atoms with E-state index in [0.717, 1.165) is 0 Å². The second-order valence-electron chi connectivity index (χ2n) is 1.05. The molecule has 0 aliphatic heterocycles. The van der Waals surface area contributed by atoms with Crippen LogP contribution in [0.25, 0.3) is 0 Å². The van der Waals surface area contributed by atoms with Gasteiger partial charge in [-0.3, -0.25) is 0 Å². The highest BCUT2D eigenvalue weighted by molar-refractivity contribution is 8.12. The Morgan fingerprint density at radius 3 is 2.00 bits per heavy atom. The quantitative estimate of drug-likeness (QED) is 0.466. The fourth-order valence-electron chi connectivity index (χ4n) is 0.154. The molecule has 0 aliphatic carbocycles. The molecule has 6 heteroatoms. The Balaban J connectivity index is 4.04. The van der Waals surface area contributed by atoms with E-state index >= 15 is 0 Å². The number of halogens is 2. The van der Waals surface area contributed by atoms with E-state index in [1.54, 1.807) is 6.92 Å². The van der Waals surface area contributed by atoms with Crippen LogP contribution in [0, 0.1) is 0 Å². The molecule has 0 aromatic carbocycles. The van der Waals surface area contributed by atoms with Gasteiger partial charge in [0.25, 0.3) is 0 Å². The van der Waals surface area contributed by atoms with Crippen molar-refractivity contribution in [1.29, 1.82) is 0 Å². The van der Waals surface area contributed by atoms with Gasteiger partial charge in [0.1, 0.15) is 0 Å². The third kappa shape index (κ3) is 2.71. The third-order valence-corrected chi connectivity index (χ3v) is 2.71. The van der Waals surface area contributed by atoms with Gasteiger partial charge in [-0.15, -0.1) is 3.82 Å². The molecule has 0 saturated heterocycles. The molecule has 0 N–H and O–H groups in total. The summed E-state index contributed by atoms with van der Waals surface area (Å²) in [4.78, 5) is 0. The zero-order valence-corrected chi connectivity index (χ0v) is 6.46. The van der Waals surface area contributed by atoms with Crippen molar-refractivity contribution in [1.82, 2.24) is 3.82 Å². The molecule has 0 aliphatic rings. The van der Waals surface area contributed by atoms with E-state index < -0.39 is 9.24 Å². The van der Waals surface area contributed by atoms with Crippen LogP contribution < -0.4 is 0 Å². The minimum absolute atomic E-state index is 0.174. The maximum atomic E-state index is 10.1. The van der Waals surface area contributed by atoms with Gasteiger partial charge in [0.15, 0.2) is 0 Å². The van der Waals surface area contributed by atoms with Crippen molar-refractivity contribution in [3.05, 3.63) is 0 Å². The Kier molecular flexibility index (Phi) is 3.04. The Morgan fingerprint density at radius 2 is 2.00 bits per heavy atom. The number of nitrogens with zero attached hydrogens (tertiary/aromatic N) is 1. The van der Waals surface area contributed by atoms with Crippen LogP contribution in [0.2, 0.25) is 0 Å². The van der Waals surface area contributed by atoms with Crippen molar-refractivity contribution >= 4 is 31.7 Å². The van der Waals surface area contributed by atoms with Crippen molar-refractivity contribution in [3.8, 4) is 0 Å². The lowest BCUT2D eigenvalue weighted by Gasteiger charge is -2.02. The van der Waals surface area contributed by atoms with Crippen molar-refractivity contribution < 1.29 is 8.42 Å². The number of hydrogen-bond donors (Lipinski definition) is 0. The maximum Gasteiger partial charge on any atom is 0.313 e. The summed E-state index contributed by atoms with van der Waals surface area (Å²) in [6.07, 6.45) is 0. The first-order valence-electron chi connectivity index (χ1n) is 1.86. The highest BCUT2D eigenvalue weighted by Gasteiger charge is 2.12. The summed E-state index contributed by atoms with van der Waals surface area (Å²) in [7, 11) is 1.07. The molecular weight excluding hydrogens is 173 g/mol. The molecule has 0 aromatic heterocycles. The minimum atomic E-state index is -3.68. The molecule has 0 spiro atoms. The van der Waals surface area contributed by atoms with Crippen LogP contribution >= 0.6 is 22.5 Å². The van der Waals surface area contributed by atoms with Crippen molar-refractivity contribution in [2.45, 2.75) is 6.92 Å². The molecule has 0 amide bonds. The van der Waals surface area contributed by atoms with Crippen LogP contribution in [0.4, 0.5) is 0 Å². The molecule has 0 radical (unpaired) electrons. The lowest BCUT2D eigenvalue weighted by atomic mass is 10.8. The van der Waals surface area contributed by atoms with Crippen molar-refractivity contribution in [2.24, 2.45) is 0 Å². The van der Waals surface area contributed by atoms with E-state index in [2.05, 4.69) is 0 Å². The number of rotatable bonds is 2. The summed E-state index contributed by atoms with van der Waals surface area (Å²) in [6.45, 7) is 1.75. The van der Waals surface area contributed by atoms with Gasteiger partial charge in [-0.1, -0.05) is 0 Å². The van der Waals surface area contributed by atoms with Crippen LogP contribution in [0.15, 0.2) is 0 Å². The summed E-state index contributed by atoms with van der Waals surface area (Å²) < 4.78 is 20.8. The largest absolute Gasteiger partial charge is 0.313 e. The zero-order valence-electron chi connectivity index (χ0n) is 4.13. The van der Waals surface area contributed by atoms with Gasteiger partial charge in [-0.05, 0) is 18.7 Å². The van der Waals surface area contributed by atoms with Crippen LogP contribution in [-0.2, 0) is 9.24 Å². The zero-order chi connectivity index (χ0) is 6.78. The average molecular weight is 178 g/mol. The fraction of sp³-hybridized carbons (Fsp3) is 1.00. The van der Waals surface area contributed by atoms with E-state index in [9.17, 15) is 8.42 Å². The summed E-state index contributed by atoms with van der Waals surface area (Å²) >= 11 is 5.05. The Morgan fingerprint density at radius 1 is 1.62 bits per heavy atom. The molecule has 0 fully saturated rings. The molecule has 50 valence electrons. The van der Waals surface area contributed by atoms with E-state index in [1.165, 1.54) is 0 Å². The van der Waals surface area contributed by atoms with Crippen LogP contribution in [0.5, 0.6) is 0 Å². The summed E-state index contributed by atoms with van der Waals surface area (Å²) in [5, 5.41) is 0. The molecule has 3 nitrogen and oxygen atoms in total. The standard InChI is InChI=1S/C2H5Cl2NO2S/c1-2-5(3)8(4,6)7/h2H2,1H3. The molecule has 0 rings (SSSR count). The summed E-state index contributed by atoms with van der Waals surface area (Å²) in [6, 6.07) is 0. The molecule has 0 heterocycles. The van der Waals surface area contributed by atoms with Gasteiger partial charge in [0.05, 0.1) is 0 Å². The molecule has 0 aromatic rings. The van der Waals surface area contributed by atoms with Crippen LogP contribution in [-0.4, -0.2) is 18.8 Å². The molecular formula is C2H5Cl2NO2S. The second-order valence-corrected chi connectivity index (χ2v) is 4.09. The van der Waals surface area contributed by atoms with E-state index in [4.69, 9.17) is 22.5 Å². The Bertz CT molecular complexity index is 153. The predicted octanol–water partition coefficient (Wildman–Crippen LogP) is 0.946. The topological polar surface area (TPSA) is 37.4 Å². The van der Waals surface area contributed by atoms with Gasteiger partial charge in [-0.25, -0.2) is 0 Å². The third-order valence-electron chi connectivity index (χ3n) is 0.485. The summed E-state index contributed by atoms with van der Waals surface area (Å²) in [5.74, 6) is 0. The number of hydrogen-bond acceptors (Lipinski definition) is 2. The molecule has 0 saturated carbocycles. The first kappa shape index (κ1) is 8.49. The molecule has 0 atom stereocenters. The summed E-state index contributed by atoms with van der Waals surface area (Å²) in [5.41, 5.74) is 0. The average Bonchev–Trinajstić information content (AvgIpc) is 1.62. The monoisotopic (exact) mass is 177 g/mol. The van der Waals surface area contributed by atoms with Gasteiger partial charge in [0.2, 0.25) is 0 Å². The van der Waals surface area contributed by atoms with E-state index in [-0.39, 0.29) is 6.54 Å². The van der Waals surface area contributed by atoms with Gasteiger partial charge >= 0.3 is 9.24 Å². The van der Waals surface area contributed by atoms with Gasteiger partial charge in [-0.2, -0.15) is 8.42 Å². The second kappa shape index (κ2) is 2.87. The predicted molar refractivity (Wildman–Crippen MR) is 33.0 cm³/mol. The maximum absolute atomic E-state index is 10.1. The molecule has 8 heavy (non-hydrogen) atoms. The smallest absolute Gasteiger partial charge is 0.194 e. The van der Waals surface area contributed by atoms with Crippen LogP contribution in [0.1, 0.15) is 6.92 Å². The minimum Gasteiger partial charge on any atom is -0.194 e. The Labute approximate surface area is 57.8 Å². The Hall–Kier alpha value is 0.490. The highest BCUT2D eigenvalue weighted by atomic mass is 35.7. The van der Waals surface area contributed by atoms with Gasteiger partial charge < -0.3 is 0 Å². The van der Waals surface area contributed by atoms with Crippen LogP contribution in [0.3, 0.4) is 0 Å². The highest BCUT2D eigenvalue weighted by Crippen LogP contribution is 2.07. The van der Waals surface area contributed by atoms with Crippen molar-refractivity contribution in [3.63, 3.8) is 0 Å².